The van der Waals surface area contributed by atoms with Crippen LogP contribution in [0.2, 0.25) is 5.02 Å². The molecule has 1 amide bonds. The Morgan fingerprint density at radius 2 is 1.85 bits per heavy atom. The summed E-state index contributed by atoms with van der Waals surface area (Å²) in [7, 11) is 1.63. The second kappa shape index (κ2) is 7.13. The number of nitrogens with one attached hydrogen (secondary N) is 1. The lowest BCUT2D eigenvalue weighted by Crippen LogP contribution is -2.12. The largest absolute Gasteiger partial charge is 0.497 e. The Balaban J connectivity index is 1.58. The first-order valence-corrected chi connectivity index (χ1v) is 8.71. The van der Waals surface area contributed by atoms with Crippen LogP contribution in [0, 0.1) is 0 Å². The number of carbonyl (C=O) groups excluding carboxylic acids is 1. The number of rotatable bonds is 4. The van der Waals surface area contributed by atoms with E-state index in [2.05, 4.69) is 10.3 Å². The van der Waals surface area contributed by atoms with Crippen LogP contribution in [-0.2, 0) is 0 Å². The van der Waals surface area contributed by atoms with Gasteiger partial charge in [0.05, 0.1) is 28.7 Å². The molecule has 0 saturated heterocycles. The van der Waals surface area contributed by atoms with Crippen molar-refractivity contribution in [3.8, 4) is 11.4 Å². The molecule has 0 aliphatic heterocycles. The SMILES string of the molecule is COc1ccc2c(c1)ncn2-c1ccc(NC(=O)c2ccccc2Cl)cc1. The van der Waals surface area contributed by atoms with E-state index in [1.807, 2.05) is 47.0 Å². The van der Waals surface area contributed by atoms with Crippen LogP contribution in [0.15, 0.2) is 73.1 Å². The van der Waals surface area contributed by atoms with Crippen LogP contribution in [0.3, 0.4) is 0 Å². The van der Waals surface area contributed by atoms with Crippen molar-refractivity contribution in [3.05, 3.63) is 83.6 Å². The molecule has 0 aliphatic carbocycles. The molecule has 0 aliphatic rings. The fourth-order valence-corrected chi connectivity index (χ4v) is 3.10. The van der Waals surface area contributed by atoms with E-state index >= 15 is 0 Å². The van der Waals surface area contributed by atoms with Crippen LogP contribution in [0.4, 0.5) is 5.69 Å². The van der Waals surface area contributed by atoms with E-state index in [9.17, 15) is 4.79 Å². The van der Waals surface area contributed by atoms with Gasteiger partial charge in [-0.1, -0.05) is 23.7 Å². The number of benzene rings is 3. The van der Waals surface area contributed by atoms with E-state index in [-0.39, 0.29) is 5.91 Å². The van der Waals surface area contributed by atoms with Crippen molar-refractivity contribution >= 4 is 34.2 Å². The zero-order valence-corrected chi connectivity index (χ0v) is 15.3. The average molecular weight is 378 g/mol. The molecule has 27 heavy (non-hydrogen) atoms. The average Bonchev–Trinajstić information content (AvgIpc) is 3.12. The molecule has 0 atom stereocenters. The molecule has 4 rings (SSSR count). The van der Waals surface area contributed by atoms with E-state index in [1.165, 1.54) is 0 Å². The number of hydrogen-bond donors (Lipinski definition) is 1. The molecule has 6 heteroatoms. The summed E-state index contributed by atoms with van der Waals surface area (Å²) < 4.78 is 7.22. The summed E-state index contributed by atoms with van der Waals surface area (Å²) in [4.78, 5) is 16.8. The highest BCUT2D eigenvalue weighted by Crippen LogP contribution is 2.24. The normalized spacial score (nSPS) is 10.7. The number of methoxy groups -OCH3 is 1. The number of fused-ring (bicyclic) bond motifs is 1. The summed E-state index contributed by atoms with van der Waals surface area (Å²) in [5.41, 5.74) is 3.90. The lowest BCUT2D eigenvalue weighted by atomic mass is 10.2. The smallest absolute Gasteiger partial charge is 0.257 e. The molecule has 0 spiro atoms. The lowest BCUT2D eigenvalue weighted by Gasteiger charge is -2.09. The summed E-state index contributed by atoms with van der Waals surface area (Å²) in [5.74, 6) is 0.527. The molecule has 0 fully saturated rings. The summed E-state index contributed by atoms with van der Waals surface area (Å²) in [6.45, 7) is 0. The summed E-state index contributed by atoms with van der Waals surface area (Å²) in [6, 6.07) is 20.3. The Labute approximate surface area is 161 Å². The predicted molar refractivity (Wildman–Crippen MR) is 107 cm³/mol. The number of amides is 1. The van der Waals surface area contributed by atoms with Crippen molar-refractivity contribution in [3.63, 3.8) is 0 Å². The van der Waals surface area contributed by atoms with Gasteiger partial charge in [-0.3, -0.25) is 9.36 Å². The Hall–Kier alpha value is -3.31. The van der Waals surface area contributed by atoms with Crippen LogP contribution >= 0.6 is 11.6 Å². The maximum Gasteiger partial charge on any atom is 0.257 e. The maximum atomic E-state index is 12.4. The quantitative estimate of drug-likeness (QED) is 0.548. The lowest BCUT2D eigenvalue weighted by molar-refractivity contribution is 0.102. The number of aromatic nitrogens is 2. The topological polar surface area (TPSA) is 56.1 Å². The van der Waals surface area contributed by atoms with Gasteiger partial charge >= 0.3 is 0 Å². The minimum Gasteiger partial charge on any atom is -0.497 e. The van der Waals surface area contributed by atoms with Gasteiger partial charge in [-0.25, -0.2) is 4.98 Å². The molecule has 1 heterocycles. The molecular formula is C21H16ClN3O2. The number of nitrogens with zero attached hydrogens (tertiary/aromatic N) is 2. The zero-order chi connectivity index (χ0) is 18.8. The summed E-state index contributed by atoms with van der Waals surface area (Å²) >= 11 is 6.08. The Morgan fingerprint density at radius 1 is 1.07 bits per heavy atom. The highest BCUT2D eigenvalue weighted by Gasteiger charge is 2.10. The standard InChI is InChI=1S/C21H16ClN3O2/c1-27-16-10-11-20-19(12-16)23-13-25(20)15-8-6-14(7-9-15)24-21(26)17-4-2-3-5-18(17)22/h2-13H,1H3,(H,24,26). The summed E-state index contributed by atoms with van der Waals surface area (Å²) in [5, 5.41) is 3.28. The third-order valence-corrected chi connectivity index (χ3v) is 4.61. The molecule has 1 N–H and O–H groups in total. The molecule has 5 nitrogen and oxygen atoms in total. The highest BCUT2D eigenvalue weighted by molar-refractivity contribution is 6.34. The van der Waals surface area contributed by atoms with Crippen LogP contribution in [0.25, 0.3) is 16.7 Å². The zero-order valence-electron chi connectivity index (χ0n) is 14.5. The van der Waals surface area contributed by atoms with Crippen LogP contribution in [0.5, 0.6) is 5.75 Å². The Morgan fingerprint density at radius 3 is 2.59 bits per heavy atom. The first-order chi connectivity index (χ1) is 13.2. The van der Waals surface area contributed by atoms with Gasteiger partial charge in [0.25, 0.3) is 5.91 Å². The highest BCUT2D eigenvalue weighted by atomic mass is 35.5. The van der Waals surface area contributed by atoms with Crippen LogP contribution in [0.1, 0.15) is 10.4 Å². The van der Waals surface area contributed by atoms with Gasteiger partial charge < -0.3 is 10.1 Å². The monoisotopic (exact) mass is 377 g/mol. The van der Waals surface area contributed by atoms with Gasteiger partial charge in [-0.05, 0) is 48.5 Å². The molecule has 134 valence electrons. The third-order valence-electron chi connectivity index (χ3n) is 4.28. The van der Waals surface area contributed by atoms with E-state index in [0.29, 0.717) is 16.3 Å². The van der Waals surface area contributed by atoms with Crippen LogP contribution in [-0.4, -0.2) is 22.6 Å². The Kier molecular flexibility index (Phi) is 4.52. The minimum absolute atomic E-state index is 0.242. The van der Waals surface area contributed by atoms with Gasteiger partial charge in [0.1, 0.15) is 12.1 Å². The van der Waals surface area contributed by atoms with E-state index in [0.717, 1.165) is 22.5 Å². The molecule has 0 bridgehead atoms. The second-order valence-corrected chi connectivity index (χ2v) is 6.36. The van der Waals surface area contributed by atoms with E-state index in [1.54, 1.807) is 37.7 Å². The van der Waals surface area contributed by atoms with Crippen molar-refractivity contribution in [1.29, 1.82) is 0 Å². The first kappa shape index (κ1) is 17.1. The fraction of sp³-hybridized carbons (Fsp3) is 0.0476. The molecule has 0 unspecified atom stereocenters. The maximum absolute atomic E-state index is 12.4. The molecule has 1 aromatic heterocycles. The number of carbonyl (C=O) groups is 1. The van der Waals surface area contributed by atoms with Crippen molar-refractivity contribution in [2.24, 2.45) is 0 Å². The number of anilines is 1. The van der Waals surface area contributed by atoms with Gasteiger partial charge in [-0.2, -0.15) is 0 Å². The number of imidazole rings is 1. The van der Waals surface area contributed by atoms with Crippen molar-refractivity contribution in [2.75, 3.05) is 12.4 Å². The van der Waals surface area contributed by atoms with Gasteiger partial charge in [0.15, 0.2) is 0 Å². The molecule has 0 radical (unpaired) electrons. The molecular weight excluding hydrogens is 362 g/mol. The summed E-state index contributed by atoms with van der Waals surface area (Å²) in [6.07, 6.45) is 1.77. The van der Waals surface area contributed by atoms with Crippen LogP contribution < -0.4 is 10.1 Å². The Bertz CT molecular complexity index is 1120. The fourth-order valence-electron chi connectivity index (χ4n) is 2.87. The first-order valence-electron chi connectivity index (χ1n) is 8.33. The van der Waals surface area contributed by atoms with Crippen molar-refractivity contribution in [1.82, 2.24) is 9.55 Å². The predicted octanol–water partition coefficient (Wildman–Crippen LogP) is 4.94. The van der Waals surface area contributed by atoms with E-state index in [4.69, 9.17) is 16.3 Å². The van der Waals surface area contributed by atoms with Gasteiger partial charge in [0.2, 0.25) is 0 Å². The van der Waals surface area contributed by atoms with E-state index < -0.39 is 0 Å². The van der Waals surface area contributed by atoms with Crippen molar-refractivity contribution < 1.29 is 9.53 Å². The van der Waals surface area contributed by atoms with Gasteiger partial charge in [-0.15, -0.1) is 0 Å². The molecule has 3 aromatic carbocycles. The second-order valence-electron chi connectivity index (χ2n) is 5.95. The number of ether oxygens (including phenoxy) is 1. The molecule has 0 saturated carbocycles. The minimum atomic E-state index is -0.242. The van der Waals surface area contributed by atoms with Crippen molar-refractivity contribution in [2.45, 2.75) is 0 Å². The molecule has 4 aromatic rings. The number of halogens is 1. The third kappa shape index (κ3) is 3.37. The van der Waals surface area contributed by atoms with Gasteiger partial charge in [0, 0.05) is 17.4 Å². The number of hydrogen-bond acceptors (Lipinski definition) is 3.